The fourth-order valence-corrected chi connectivity index (χ4v) is 5.47. The molecule has 4 heteroatoms. The second kappa shape index (κ2) is 35.8. The lowest BCUT2D eigenvalue weighted by Gasteiger charge is -2.22. The first-order valence-electron chi connectivity index (χ1n) is 18.8. The van der Waals surface area contributed by atoms with Gasteiger partial charge in [-0.3, -0.25) is 4.79 Å². The van der Waals surface area contributed by atoms with Crippen LogP contribution in [0.25, 0.3) is 0 Å². The normalized spacial score (nSPS) is 13.6. The van der Waals surface area contributed by atoms with Gasteiger partial charge in [-0.15, -0.1) is 0 Å². The van der Waals surface area contributed by atoms with E-state index in [9.17, 15) is 15.0 Å². The Balaban J connectivity index is 3.44. The van der Waals surface area contributed by atoms with Crippen molar-refractivity contribution < 1.29 is 15.0 Å². The summed E-state index contributed by atoms with van der Waals surface area (Å²) < 4.78 is 0. The summed E-state index contributed by atoms with van der Waals surface area (Å²) in [6.07, 6.45) is 47.8. The van der Waals surface area contributed by atoms with E-state index in [4.69, 9.17) is 0 Å². The number of aliphatic hydroxyl groups excluding tert-OH is 2. The number of amides is 1. The summed E-state index contributed by atoms with van der Waals surface area (Å²) in [6.45, 7) is 4.16. The molecule has 0 saturated carbocycles. The molecule has 0 heterocycles. The molecule has 0 aromatic heterocycles. The van der Waals surface area contributed by atoms with Crippen molar-refractivity contribution in [2.24, 2.45) is 0 Å². The maximum Gasteiger partial charge on any atom is 0.220 e. The average molecular weight is 616 g/mol. The van der Waals surface area contributed by atoms with Crippen LogP contribution in [-0.4, -0.2) is 34.9 Å². The van der Waals surface area contributed by atoms with Crippen LogP contribution in [0.5, 0.6) is 0 Å². The molecule has 0 aromatic rings. The zero-order valence-corrected chi connectivity index (χ0v) is 29.2. The molecule has 0 spiro atoms. The minimum Gasteiger partial charge on any atom is -0.394 e. The topological polar surface area (TPSA) is 69.6 Å². The largest absolute Gasteiger partial charge is 0.394 e. The van der Waals surface area contributed by atoms with Crippen molar-refractivity contribution >= 4 is 5.91 Å². The van der Waals surface area contributed by atoms with Gasteiger partial charge in [0.25, 0.3) is 0 Å². The van der Waals surface area contributed by atoms with Gasteiger partial charge in [0.2, 0.25) is 5.91 Å². The highest BCUT2D eigenvalue weighted by molar-refractivity contribution is 5.76. The molecule has 0 aliphatic carbocycles. The van der Waals surface area contributed by atoms with Crippen molar-refractivity contribution in [3.8, 4) is 0 Å². The molecule has 0 saturated heterocycles. The van der Waals surface area contributed by atoms with Gasteiger partial charge in [-0.05, 0) is 51.4 Å². The van der Waals surface area contributed by atoms with Crippen LogP contribution in [0.2, 0.25) is 0 Å². The van der Waals surface area contributed by atoms with E-state index in [1.54, 1.807) is 0 Å². The van der Waals surface area contributed by atoms with Gasteiger partial charge in [0, 0.05) is 6.42 Å². The Labute approximate surface area is 274 Å². The quantitative estimate of drug-likeness (QED) is 0.0508. The molecule has 0 aliphatic rings. The Morgan fingerprint density at radius 1 is 0.568 bits per heavy atom. The molecule has 4 nitrogen and oxygen atoms in total. The predicted octanol–water partition coefficient (Wildman–Crippen LogP) is 11.2. The van der Waals surface area contributed by atoms with Gasteiger partial charge in [-0.2, -0.15) is 0 Å². The van der Waals surface area contributed by atoms with Crippen molar-refractivity contribution in [1.82, 2.24) is 5.32 Å². The lowest BCUT2D eigenvalue weighted by Crippen LogP contribution is -2.45. The van der Waals surface area contributed by atoms with Crippen LogP contribution in [0.15, 0.2) is 48.6 Å². The van der Waals surface area contributed by atoms with E-state index in [1.807, 2.05) is 0 Å². The second-order valence-corrected chi connectivity index (χ2v) is 12.6. The molecule has 0 bridgehead atoms. The van der Waals surface area contributed by atoms with Gasteiger partial charge in [-0.25, -0.2) is 0 Å². The molecule has 0 fully saturated rings. The van der Waals surface area contributed by atoms with Gasteiger partial charge >= 0.3 is 0 Å². The zero-order chi connectivity index (χ0) is 32.2. The smallest absolute Gasteiger partial charge is 0.220 e. The van der Waals surface area contributed by atoms with E-state index in [1.165, 1.54) is 103 Å². The fourth-order valence-electron chi connectivity index (χ4n) is 5.47. The average Bonchev–Trinajstić information content (AvgIpc) is 3.03. The van der Waals surface area contributed by atoms with E-state index in [-0.39, 0.29) is 12.5 Å². The van der Waals surface area contributed by atoms with Gasteiger partial charge in [0.15, 0.2) is 0 Å². The van der Waals surface area contributed by atoms with Crippen molar-refractivity contribution in [2.75, 3.05) is 6.61 Å². The number of carbonyl (C=O) groups is 1. The van der Waals surface area contributed by atoms with Crippen molar-refractivity contribution in [1.29, 1.82) is 0 Å². The number of nitrogens with one attached hydrogen (secondary N) is 1. The van der Waals surface area contributed by atoms with Gasteiger partial charge in [-0.1, -0.05) is 172 Å². The molecular formula is C40H73NO3. The van der Waals surface area contributed by atoms with Crippen molar-refractivity contribution in [3.05, 3.63) is 48.6 Å². The van der Waals surface area contributed by atoms with E-state index in [0.717, 1.165) is 51.4 Å². The summed E-state index contributed by atoms with van der Waals surface area (Å²) in [6, 6.07) is -0.532. The Kier molecular flexibility index (Phi) is 34.5. The summed E-state index contributed by atoms with van der Waals surface area (Å²) in [5.41, 5.74) is 0. The molecule has 1 amide bonds. The Morgan fingerprint density at radius 3 is 1.50 bits per heavy atom. The van der Waals surface area contributed by atoms with Crippen LogP contribution in [0.3, 0.4) is 0 Å². The minimum atomic E-state index is -0.655. The number of hydrogen-bond acceptors (Lipinski definition) is 3. The molecule has 2 unspecified atom stereocenters. The van der Waals surface area contributed by atoms with Crippen LogP contribution in [0, 0.1) is 0 Å². The Bertz CT molecular complexity index is 711. The monoisotopic (exact) mass is 616 g/mol. The molecular weight excluding hydrogens is 542 g/mol. The third-order valence-electron chi connectivity index (χ3n) is 8.35. The Morgan fingerprint density at radius 2 is 1.00 bits per heavy atom. The highest BCUT2D eigenvalue weighted by Crippen LogP contribution is 2.14. The summed E-state index contributed by atoms with van der Waals surface area (Å²) in [7, 11) is 0. The van der Waals surface area contributed by atoms with Gasteiger partial charge < -0.3 is 15.5 Å². The molecule has 44 heavy (non-hydrogen) atoms. The van der Waals surface area contributed by atoms with E-state index in [0.29, 0.717) is 12.8 Å². The first-order chi connectivity index (χ1) is 21.7. The molecule has 3 N–H and O–H groups in total. The van der Waals surface area contributed by atoms with Gasteiger partial charge in [0.1, 0.15) is 0 Å². The number of rotatable bonds is 33. The maximum atomic E-state index is 12.2. The van der Waals surface area contributed by atoms with Crippen LogP contribution in [0.1, 0.15) is 181 Å². The maximum absolute atomic E-state index is 12.2. The highest BCUT2D eigenvalue weighted by atomic mass is 16.3. The Hall–Kier alpha value is -1.65. The molecule has 0 aromatic carbocycles. The fraction of sp³-hybridized carbons (Fsp3) is 0.775. The van der Waals surface area contributed by atoms with Crippen LogP contribution >= 0.6 is 0 Å². The minimum absolute atomic E-state index is 0.0417. The summed E-state index contributed by atoms with van der Waals surface area (Å²) >= 11 is 0. The standard InChI is InChI=1S/C40H73NO3/c1-3-5-7-9-10-11-12-13-14-15-16-17-18-19-20-21-22-23-24-25-26-27-28-29-30-32-34-36-40(44)41-38(37-42)39(43)35-33-31-8-6-4-2/h5,7,10-11,13-14,16-17,38-39,42-43H,3-4,6,8-9,12,15,18-37H2,1-2H3,(H,41,44)/b7-5-,11-10-,14-13-,17-16-. The molecule has 0 radical (unpaired) electrons. The highest BCUT2D eigenvalue weighted by Gasteiger charge is 2.19. The van der Waals surface area contributed by atoms with E-state index in [2.05, 4.69) is 67.8 Å². The number of hydrogen-bond donors (Lipinski definition) is 3. The first-order valence-corrected chi connectivity index (χ1v) is 18.8. The SMILES string of the molecule is CC/C=C\C/C=C\C/C=C\C/C=C\CCCCCCCCCCCCCCCCC(=O)NC(CO)C(O)CCCCCCC. The van der Waals surface area contributed by atoms with Crippen LogP contribution < -0.4 is 5.32 Å². The molecule has 0 aliphatic heterocycles. The predicted molar refractivity (Wildman–Crippen MR) is 193 cm³/mol. The number of aliphatic hydroxyl groups is 2. The van der Waals surface area contributed by atoms with Gasteiger partial charge in [0.05, 0.1) is 18.8 Å². The third-order valence-corrected chi connectivity index (χ3v) is 8.35. The molecule has 2 atom stereocenters. The first kappa shape index (κ1) is 42.3. The second-order valence-electron chi connectivity index (χ2n) is 12.6. The lowest BCUT2D eigenvalue weighted by molar-refractivity contribution is -0.123. The van der Waals surface area contributed by atoms with E-state index >= 15 is 0 Å². The summed E-state index contributed by atoms with van der Waals surface area (Å²) in [4.78, 5) is 12.2. The number of unbranched alkanes of at least 4 members (excludes halogenated alkanes) is 18. The lowest BCUT2D eigenvalue weighted by atomic mass is 10.0. The van der Waals surface area contributed by atoms with Crippen molar-refractivity contribution in [3.63, 3.8) is 0 Å². The van der Waals surface area contributed by atoms with Crippen LogP contribution in [-0.2, 0) is 4.79 Å². The summed E-state index contributed by atoms with van der Waals surface area (Å²) in [5.74, 6) is -0.0417. The molecule has 256 valence electrons. The van der Waals surface area contributed by atoms with Crippen molar-refractivity contribution in [2.45, 2.75) is 193 Å². The number of carbonyl (C=O) groups excluding carboxylic acids is 1. The number of allylic oxidation sites excluding steroid dienone is 8. The zero-order valence-electron chi connectivity index (χ0n) is 29.2. The third kappa shape index (κ3) is 31.8. The van der Waals surface area contributed by atoms with Crippen LogP contribution in [0.4, 0.5) is 0 Å². The van der Waals surface area contributed by atoms with E-state index < -0.39 is 12.1 Å². The summed E-state index contributed by atoms with van der Waals surface area (Å²) in [5, 5.41) is 22.7. The molecule has 0 rings (SSSR count).